The topological polar surface area (TPSA) is 21.3 Å². The van der Waals surface area contributed by atoms with Gasteiger partial charge >= 0.3 is 0 Å². The molecule has 0 saturated carbocycles. The zero-order chi connectivity index (χ0) is 16.9. The zero-order valence-corrected chi connectivity index (χ0v) is 15.5. The first kappa shape index (κ1) is 15.9. The smallest absolute Gasteiger partial charge is 0.137 e. The highest BCUT2D eigenvalue weighted by Crippen LogP contribution is 2.49. The molecular weight excluding hydrogens is 369 g/mol. The molecule has 4 heteroatoms. The fourth-order valence-electron chi connectivity index (χ4n) is 4.01. The second-order valence-electron chi connectivity index (χ2n) is 7.62. The number of allylic oxidation sites excluding steroid dienone is 4. The van der Waals surface area contributed by atoms with Crippen molar-refractivity contribution in [3.8, 4) is 0 Å². The van der Waals surface area contributed by atoms with Crippen molar-refractivity contribution in [3.63, 3.8) is 0 Å². The van der Waals surface area contributed by atoms with Crippen molar-refractivity contribution >= 4 is 15.9 Å². The zero-order valence-electron chi connectivity index (χ0n) is 14.0. The molecule has 1 aromatic rings. The Bertz CT molecular complexity index is 791. The highest BCUT2D eigenvalue weighted by Gasteiger charge is 2.37. The lowest BCUT2D eigenvalue weighted by molar-refractivity contribution is 0.257. The number of hydrogen-bond acceptors (Lipinski definition) is 2. The highest BCUT2D eigenvalue weighted by atomic mass is 79.9. The van der Waals surface area contributed by atoms with Crippen LogP contribution in [0.1, 0.15) is 44.6 Å². The number of benzene rings is 1. The predicted octanol–water partition coefficient (Wildman–Crippen LogP) is 5.54. The van der Waals surface area contributed by atoms with Crippen LogP contribution in [0.25, 0.3) is 0 Å². The minimum atomic E-state index is -0.220. The van der Waals surface area contributed by atoms with Gasteiger partial charge in [0, 0.05) is 11.6 Å². The second kappa shape index (κ2) is 5.76. The minimum Gasteiger partial charge on any atom is -0.495 e. The average Bonchev–Trinajstić information content (AvgIpc) is 2.55. The molecule has 1 atom stereocenters. The van der Waals surface area contributed by atoms with E-state index < -0.39 is 0 Å². The summed E-state index contributed by atoms with van der Waals surface area (Å²) in [6.45, 7) is 5.24. The number of hydrogen-bond donors (Lipinski definition) is 1. The molecule has 0 spiro atoms. The lowest BCUT2D eigenvalue weighted by Crippen LogP contribution is -2.34. The summed E-state index contributed by atoms with van der Waals surface area (Å²) in [4.78, 5) is 0. The summed E-state index contributed by atoms with van der Waals surface area (Å²) >= 11 is 3.35. The Morgan fingerprint density at radius 1 is 1.29 bits per heavy atom. The summed E-state index contributed by atoms with van der Waals surface area (Å²) in [6, 6.07) is 5.39. The molecule has 1 aliphatic carbocycles. The van der Waals surface area contributed by atoms with Crippen LogP contribution in [-0.4, -0.2) is 6.61 Å². The van der Waals surface area contributed by atoms with Crippen LogP contribution >= 0.6 is 15.9 Å². The Balaban J connectivity index is 1.85. The fourth-order valence-corrected chi connectivity index (χ4v) is 4.41. The van der Waals surface area contributed by atoms with Gasteiger partial charge < -0.3 is 10.1 Å². The van der Waals surface area contributed by atoms with Gasteiger partial charge in [0.25, 0.3) is 0 Å². The third kappa shape index (κ3) is 2.71. The molecule has 0 fully saturated rings. The molecule has 0 radical (unpaired) electrons. The summed E-state index contributed by atoms with van der Waals surface area (Å²) in [5.74, 6) is -0.0459. The molecule has 4 rings (SSSR count). The molecule has 0 amide bonds. The summed E-state index contributed by atoms with van der Waals surface area (Å²) in [6.07, 6.45) is 7.12. The summed E-state index contributed by atoms with van der Waals surface area (Å²) in [5.41, 5.74) is 6.59. The van der Waals surface area contributed by atoms with E-state index in [2.05, 4.69) is 41.2 Å². The van der Waals surface area contributed by atoms with Crippen LogP contribution in [0.3, 0.4) is 0 Å². The van der Waals surface area contributed by atoms with Crippen LogP contribution in [-0.2, 0) is 4.74 Å². The van der Waals surface area contributed by atoms with Gasteiger partial charge in [-0.2, -0.15) is 0 Å². The van der Waals surface area contributed by atoms with Crippen molar-refractivity contribution in [3.05, 3.63) is 68.9 Å². The lowest BCUT2D eigenvalue weighted by Gasteiger charge is -2.42. The van der Waals surface area contributed by atoms with Gasteiger partial charge in [0.1, 0.15) is 12.4 Å². The number of dihydropyridines is 1. The van der Waals surface area contributed by atoms with Gasteiger partial charge in [0.15, 0.2) is 0 Å². The van der Waals surface area contributed by atoms with E-state index in [4.69, 9.17) is 4.74 Å². The first-order chi connectivity index (χ1) is 11.4. The Morgan fingerprint density at radius 3 is 2.92 bits per heavy atom. The Hall–Kier alpha value is -1.55. The van der Waals surface area contributed by atoms with Crippen LogP contribution in [0.2, 0.25) is 0 Å². The Labute approximate surface area is 150 Å². The summed E-state index contributed by atoms with van der Waals surface area (Å²) < 4.78 is 19.8. The molecule has 126 valence electrons. The van der Waals surface area contributed by atoms with Crippen molar-refractivity contribution < 1.29 is 9.13 Å². The van der Waals surface area contributed by atoms with Crippen LogP contribution in [0.4, 0.5) is 4.39 Å². The lowest BCUT2D eigenvalue weighted by atomic mass is 9.68. The van der Waals surface area contributed by atoms with Gasteiger partial charge in [-0.1, -0.05) is 19.9 Å². The normalized spacial score (nSPS) is 24.9. The first-order valence-electron chi connectivity index (χ1n) is 8.40. The maximum atomic E-state index is 13.7. The van der Waals surface area contributed by atoms with E-state index in [9.17, 15) is 4.39 Å². The van der Waals surface area contributed by atoms with Crippen molar-refractivity contribution in [1.82, 2.24) is 5.32 Å². The van der Waals surface area contributed by atoms with E-state index >= 15 is 0 Å². The maximum Gasteiger partial charge on any atom is 0.137 e. The molecular formula is C20H21BrFNO. The van der Waals surface area contributed by atoms with Crippen molar-refractivity contribution in [2.75, 3.05) is 6.61 Å². The van der Waals surface area contributed by atoms with Crippen LogP contribution in [0.5, 0.6) is 0 Å². The first-order valence-corrected chi connectivity index (χ1v) is 9.19. The number of ether oxygens (including phenoxy) is 1. The molecule has 2 aliphatic heterocycles. The molecule has 1 unspecified atom stereocenters. The third-order valence-corrected chi connectivity index (χ3v) is 5.87. The van der Waals surface area contributed by atoms with Gasteiger partial charge in [-0.25, -0.2) is 4.39 Å². The maximum absolute atomic E-state index is 13.7. The van der Waals surface area contributed by atoms with E-state index in [0.717, 1.165) is 24.1 Å². The third-order valence-electron chi connectivity index (χ3n) is 5.27. The molecule has 3 aliphatic rings. The van der Waals surface area contributed by atoms with Gasteiger partial charge in [-0.15, -0.1) is 0 Å². The second-order valence-corrected chi connectivity index (χ2v) is 8.48. The van der Waals surface area contributed by atoms with E-state index in [-0.39, 0.29) is 11.7 Å². The quantitative estimate of drug-likeness (QED) is 0.680. The fraction of sp³-hybridized carbons (Fsp3) is 0.400. The highest BCUT2D eigenvalue weighted by molar-refractivity contribution is 9.10. The van der Waals surface area contributed by atoms with Crippen molar-refractivity contribution in [1.29, 1.82) is 0 Å². The van der Waals surface area contributed by atoms with Gasteiger partial charge in [0.05, 0.1) is 16.4 Å². The summed E-state index contributed by atoms with van der Waals surface area (Å²) in [5, 5.41) is 3.62. The van der Waals surface area contributed by atoms with Crippen molar-refractivity contribution in [2.45, 2.75) is 39.0 Å². The Kier molecular flexibility index (Phi) is 3.83. The molecule has 2 heterocycles. The largest absolute Gasteiger partial charge is 0.495 e. The average molecular weight is 390 g/mol. The van der Waals surface area contributed by atoms with Gasteiger partial charge in [-0.3, -0.25) is 0 Å². The van der Waals surface area contributed by atoms with Gasteiger partial charge in [0.2, 0.25) is 0 Å². The van der Waals surface area contributed by atoms with Crippen LogP contribution in [0, 0.1) is 11.2 Å². The molecule has 0 saturated heterocycles. The number of halogens is 2. The van der Waals surface area contributed by atoms with Crippen molar-refractivity contribution in [2.24, 2.45) is 5.41 Å². The van der Waals surface area contributed by atoms with E-state index in [0.29, 0.717) is 16.5 Å². The molecule has 1 N–H and O–H groups in total. The summed E-state index contributed by atoms with van der Waals surface area (Å²) in [7, 11) is 0. The van der Waals surface area contributed by atoms with Crippen LogP contribution < -0.4 is 5.32 Å². The molecule has 24 heavy (non-hydrogen) atoms. The van der Waals surface area contributed by atoms with Gasteiger partial charge in [-0.05, 0) is 75.5 Å². The monoisotopic (exact) mass is 389 g/mol. The molecule has 0 bridgehead atoms. The van der Waals surface area contributed by atoms with E-state index in [1.54, 1.807) is 12.3 Å². The minimum absolute atomic E-state index is 0.174. The van der Waals surface area contributed by atoms with E-state index in [1.807, 2.05) is 12.1 Å². The molecule has 1 aromatic carbocycles. The predicted molar refractivity (Wildman–Crippen MR) is 96.8 cm³/mol. The van der Waals surface area contributed by atoms with Crippen LogP contribution in [0.15, 0.2) is 57.6 Å². The molecule has 0 aromatic heterocycles. The number of rotatable bonds is 1. The SMILES string of the molecule is CC1(C)CCC2=C(C1)C(c1ccc(F)c(Br)c1)C1=C(COC=C1)N2. The molecule has 2 nitrogen and oxygen atoms in total. The van der Waals surface area contributed by atoms with E-state index in [1.165, 1.54) is 23.3 Å². The standard InChI is InChI=1S/C20H21BrFNO/c1-20(2)7-5-17-14(10-20)19(12-3-4-16(22)15(21)9-12)13-6-8-24-11-18(13)23-17/h3-4,6,8-9,19,23H,5,7,10-11H2,1-2H3. The number of nitrogens with one attached hydrogen (secondary N) is 1. The Morgan fingerprint density at radius 2 is 2.12 bits per heavy atom.